The lowest BCUT2D eigenvalue weighted by Gasteiger charge is -2.17. The number of Topliss-reactive ketones (excluding diaryl/α,β-unsaturated/α-hetero) is 1. The van der Waals surface area contributed by atoms with Gasteiger partial charge in [-0.15, -0.1) is 0 Å². The van der Waals surface area contributed by atoms with Crippen LogP contribution in [0.4, 0.5) is 0 Å². The zero-order chi connectivity index (χ0) is 9.84. The maximum atomic E-state index is 11.1. The van der Waals surface area contributed by atoms with Crippen molar-refractivity contribution in [3.63, 3.8) is 0 Å². The molecule has 13 heavy (non-hydrogen) atoms. The van der Waals surface area contributed by atoms with Crippen LogP contribution in [0.1, 0.15) is 33.1 Å². The molecule has 0 spiro atoms. The normalized spacial score (nSPS) is 19.2. The Labute approximate surface area is 79.8 Å². The summed E-state index contributed by atoms with van der Waals surface area (Å²) >= 11 is 0. The van der Waals surface area contributed by atoms with Crippen molar-refractivity contribution in [2.45, 2.75) is 33.1 Å². The van der Waals surface area contributed by atoms with Crippen LogP contribution in [-0.2, 0) is 4.79 Å². The molecule has 0 saturated carbocycles. The summed E-state index contributed by atoms with van der Waals surface area (Å²) < 4.78 is 0. The second kappa shape index (κ2) is 4.22. The standard InChI is InChI=1S/C12H16O/c1-4-5-9(2)12-7-6-11(13)8-10(12)3/h4-5H,1,6-8H2,2-3H3/b9-5-. The van der Waals surface area contributed by atoms with Crippen LogP contribution in [0.5, 0.6) is 0 Å². The minimum Gasteiger partial charge on any atom is -0.299 e. The van der Waals surface area contributed by atoms with Crippen LogP contribution < -0.4 is 0 Å². The second-order valence-electron chi connectivity index (χ2n) is 3.56. The molecule has 0 bridgehead atoms. The predicted octanol–water partition coefficient (Wildman–Crippen LogP) is 3.19. The summed E-state index contributed by atoms with van der Waals surface area (Å²) in [5.41, 5.74) is 3.83. The number of rotatable bonds is 2. The lowest BCUT2D eigenvalue weighted by Crippen LogP contribution is -2.08. The van der Waals surface area contributed by atoms with E-state index in [1.54, 1.807) is 6.08 Å². The van der Waals surface area contributed by atoms with Gasteiger partial charge in [-0.05, 0) is 31.4 Å². The monoisotopic (exact) mass is 176 g/mol. The van der Waals surface area contributed by atoms with Crippen molar-refractivity contribution in [1.82, 2.24) is 0 Å². The molecule has 1 aliphatic carbocycles. The molecular weight excluding hydrogens is 160 g/mol. The molecule has 0 aliphatic heterocycles. The van der Waals surface area contributed by atoms with E-state index < -0.39 is 0 Å². The zero-order valence-corrected chi connectivity index (χ0v) is 8.39. The number of carbonyl (C=O) groups is 1. The smallest absolute Gasteiger partial charge is 0.137 e. The van der Waals surface area contributed by atoms with Crippen molar-refractivity contribution in [2.75, 3.05) is 0 Å². The van der Waals surface area contributed by atoms with Crippen LogP contribution in [0.3, 0.4) is 0 Å². The maximum absolute atomic E-state index is 11.1. The van der Waals surface area contributed by atoms with E-state index >= 15 is 0 Å². The third-order valence-corrected chi connectivity index (χ3v) is 2.48. The molecule has 1 rings (SSSR count). The molecule has 0 N–H and O–H groups in total. The fourth-order valence-electron chi connectivity index (χ4n) is 1.78. The van der Waals surface area contributed by atoms with Gasteiger partial charge in [-0.25, -0.2) is 0 Å². The quantitative estimate of drug-likeness (QED) is 0.590. The summed E-state index contributed by atoms with van der Waals surface area (Å²) in [6.45, 7) is 7.80. The van der Waals surface area contributed by atoms with Gasteiger partial charge in [0.2, 0.25) is 0 Å². The summed E-state index contributed by atoms with van der Waals surface area (Å²) in [7, 11) is 0. The molecular formula is C12H16O. The van der Waals surface area contributed by atoms with Crippen molar-refractivity contribution in [1.29, 1.82) is 0 Å². The zero-order valence-electron chi connectivity index (χ0n) is 8.39. The topological polar surface area (TPSA) is 17.1 Å². The SMILES string of the molecule is C=C/C=C(/C)C1=C(C)CC(=O)CC1. The summed E-state index contributed by atoms with van der Waals surface area (Å²) in [6, 6.07) is 0. The number of allylic oxidation sites excluding steroid dienone is 5. The predicted molar refractivity (Wildman–Crippen MR) is 55.5 cm³/mol. The van der Waals surface area contributed by atoms with Crippen LogP contribution >= 0.6 is 0 Å². The molecule has 70 valence electrons. The molecule has 0 aromatic carbocycles. The first-order chi connectivity index (χ1) is 6.15. The van der Waals surface area contributed by atoms with E-state index in [-0.39, 0.29) is 0 Å². The molecule has 0 atom stereocenters. The van der Waals surface area contributed by atoms with Gasteiger partial charge in [0.15, 0.2) is 0 Å². The second-order valence-corrected chi connectivity index (χ2v) is 3.56. The Morgan fingerprint density at radius 3 is 2.69 bits per heavy atom. The van der Waals surface area contributed by atoms with Gasteiger partial charge in [-0.1, -0.05) is 24.3 Å². The van der Waals surface area contributed by atoms with Crippen LogP contribution in [-0.4, -0.2) is 5.78 Å². The van der Waals surface area contributed by atoms with Crippen molar-refractivity contribution >= 4 is 5.78 Å². The third-order valence-electron chi connectivity index (χ3n) is 2.48. The lowest BCUT2D eigenvalue weighted by molar-refractivity contribution is -0.118. The highest BCUT2D eigenvalue weighted by Gasteiger charge is 2.15. The Balaban J connectivity index is 2.91. The van der Waals surface area contributed by atoms with Gasteiger partial charge in [-0.3, -0.25) is 4.79 Å². The Morgan fingerprint density at radius 2 is 2.15 bits per heavy atom. The molecule has 1 aliphatic rings. The van der Waals surface area contributed by atoms with E-state index in [9.17, 15) is 4.79 Å². The molecule has 0 unspecified atom stereocenters. The Morgan fingerprint density at radius 1 is 1.46 bits per heavy atom. The van der Waals surface area contributed by atoms with Gasteiger partial charge >= 0.3 is 0 Å². The van der Waals surface area contributed by atoms with Crippen LogP contribution in [0.15, 0.2) is 35.5 Å². The Hall–Kier alpha value is -1.11. The molecule has 0 aromatic heterocycles. The lowest BCUT2D eigenvalue weighted by atomic mass is 9.88. The Kier molecular flexibility index (Phi) is 3.24. The largest absolute Gasteiger partial charge is 0.299 e. The van der Waals surface area contributed by atoms with Crippen molar-refractivity contribution < 1.29 is 4.79 Å². The van der Waals surface area contributed by atoms with Crippen molar-refractivity contribution in [3.8, 4) is 0 Å². The van der Waals surface area contributed by atoms with E-state index in [2.05, 4.69) is 13.5 Å². The summed E-state index contributed by atoms with van der Waals surface area (Å²) in [5.74, 6) is 0.368. The van der Waals surface area contributed by atoms with Gasteiger partial charge in [0.25, 0.3) is 0 Å². The first-order valence-corrected chi connectivity index (χ1v) is 4.65. The van der Waals surface area contributed by atoms with Gasteiger partial charge in [-0.2, -0.15) is 0 Å². The van der Waals surface area contributed by atoms with E-state index in [0.29, 0.717) is 18.6 Å². The highest BCUT2D eigenvalue weighted by molar-refractivity contribution is 5.83. The molecule has 1 heteroatoms. The average Bonchev–Trinajstić information content (AvgIpc) is 2.04. The van der Waals surface area contributed by atoms with Crippen LogP contribution in [0.2, 0.25) is 0 Å². The summed E-state index contributed by atoms with van der Waals surface area (Å²) in [4.78, 5) is 11.1. The van der Waals surface area contributed by atoms with Crippen LogP contribution in [0.25, 0.3) is 0 Å². The van der Waals surface area contributed by atoms with Crippen molar-refractivity contribution in [3.05, 3.63) is 35.5 Å². The molecule has 0 heterocycles. The van der Waals surface area contributed by atoms with Gasteiger partial charge in [0.1, 0.15) is 5.78 Å². The van der Waals surface area contributed by atoms with E-state index in [1.807, 2.05) is 13.0 Å². The minimum atomic E-state index is 0.368. The molecule has 0 radical (unpaired) electrons. The van der Waals surface area contributed by atoms with Crippen molar-refractivity contribution in [2.24, 2.45) is 0 Å². The van der Waals surface area contributed by atoms with Gasteiger partial charge in [0, 0.05) is 12.8 Å². The molecule has 0 fully saturated rings. The van der Waals surface area contributed by atoms with Crippen LogP contribution in [0, 0.1) is 0 Å². The van der Waals surface area contributed by atoms with E-state index in [1.165, 1.54) is 16.7 Å². The molecule has 0 aromatic rings. The number of hydrogen-bond donors (Lipinski definition) is 0. The van der Waals surface area contributed by atoms with Gasteiger partial charge in [0.05, 0.1) is 0 Å². The summed E-state index contributed by atoms with van der Waals surface area (Å²) in [5, 5.41) is 0. The highest BCUT2D eigenvalue weighted by Crippen LogP contribution is 2.27. The fourth-order valence-corrected chi connectivity index (χ4v) is 1.78. The first-order valence-electron chi connectivity index (χ1n) is 4.65. The maximum Gasteiger partial charge on any atom is 0.137 e. The first kappa shape index (κ1) is 9.97. The Bertz CT molecular complexity index is 292. The molecule has 0 amide bonds. The average molecular weight is 176 g/mol. The number of carbonyl (C=O) groups excluding carboxylic acids is 1. The minimum absolute atomic E-state index is 0.368. The highest BCUT2D eigenvalue weighted by atomic mass is 16.1. The van der Waals surface area contributed by atoms with E-state index in [4.69, 9.17) is 0 Å². The fraction of sp³-hybridized carbons (Fsp3) is 0.417. The van der Waals surface area contributed by atoms with E-state index in [0.717, 1.165) is 6.42 Å². The number of hydrogen-bond acceptors (Lipinski definition) is 1. The molecule has 0 saturated heterocycles. The van der Waals surface area contributed by atoms with Gasteiger partial charge < -0.3 is 0 Å². The molecule has 1 nitrogen and oxygen atoms in total. The third kappa shape index (κ3) is 2.41. The summed E-state index contributed by atoms with van der Waals surface area (Å²) in [6.07, 6.45) is 6.05. The number of ketones is 1.